The molecule has 14 aromatic rings. The van der Waals surface area contributed by atoms with E-state index in [1.807, 2.05) is 0 Å². The van der Waals surface area contributed by atoms with Crippen LogP contribution in [0.5, 0.6) is 11.5 Å². The average Bonchev–Trinajstić information content (AvgIpc) is 1.22. The van der Waals surface area contributed by atoms with E-state index in [4.69, 9.17) is 9.72 Å². The largest absolute Gasteiger partial charge is 0.457 e. The lowest BCUT2D eigenvalue weighted by atomic mass is 9.42. The molecular weight excluding hydrogens is 1100 g/mol. The number of rotatable bonds is 12. The quantitative estimate of drug-likeness (QED) is 0.122. The maximum absolute atomic E-state index is 7.50. The van der Waals surface area contributed by atoms with E-state index in [-0.39, 0.29) is 5.41 Å². The first-order chi connectivity index (χ1) is 45.1. The summed E-state index contributed by atoms with van der Waals surface area (Å²) in [5.74, 6) is 5.20. The fraction of sp³-hybridized carbons (Fsp3) is 0.128. The first-order valence-corrected chi connectivity index (χ1v) is 32.5. The summed E-state index contributed by atoms with van der Waals surface area (Å²) < 4.78 is 9.91. The van der Waals surface area contributed by atoms with Gasteiger partial charge in [-0.05, 0) is 177 Å². The fourth-order valence-corrected chi connectivity index (χ4v) is 17.5. The first kappa shape index (κ1) is 53.3. The molecule has 0 radical (unpaired) electrons. The lowest BCUT2D eigenvalue weighted by molar-refractivity contribution is -0.0412. The van der Waals surface area contributed by atoms with Gasteiger partial charge in [0.15, 0.2) is 0 Å². The van der Waals surface area contributed by atoms with Crippen LogP contribution in [0.4, 0.5) is 22.7 Å². The van der Waals surface area contributed by atoms with Crippen molar-refractivity contribution in [2.45, 2.75) is 37.5 Å². The van der Waals surface area contributed by atoms with Crippen molar-refractivity contribution in [1.82, 2.24) is 9.55 Å². The van der Waals surface area contributed by atoms with Crippen molar-refractivity contribution in [1.29, 1.82) is 0 Å². The summed E-state index contributed by atoms with van der Waals surface area (Å²) in [6, 6.07) is 109. The van der Waals surface area contributed by atoms with Gasteiger partial charge in [-0.2, -0.15) is 0 Å². The molecule has 0 unspecified atom stereocenters. The van der Waals surface area contributed by atoms with Crippen molar-refractivity contribution < 1.29 is 4.74 Å². The van der Waals surface area contributed by atoms with E-state index < -0.39 is 0 Å². The topological polar surface area (TPSA) is 33.5 Å². The van der Waals surface area contributed by atoms with Crippen LogP contribution in [0.2, 0.25) is 0 Å². The van der Waals surface area contributed by atoms with E-state index >= 15 is 0 Å². The molecule has 5 heteroatoms. The van der Waals surface area contributed by atoms with Crippen molar-refractivity contribution in [3.05, 3.63) is 315 Å². The number of fused-ring (bicyclic) bond motifs is 5. The van der Waals surface area contributed by atoms with Gasteiger partial charge in [0.05, 0.1) is 28.1 Å². The Morgan fingerprint density at radius 1 is 0.374 bits per heavy atom. The van der Waals surface area contributed by atoms with Crippen LogP contribution in [-0.2, 0) is 5.41 Å². The Morgan fingerprint density at radius 2 is 0.901 bits per heavy atom. The molecule has 19 rings (SSSR count). The van der Waals surface area contributed by atoms with Crippen LogP contribution in [0.25, 0.3) is 94.0 Å². The van der Waals surface area contributed by atoms with Crippen LogP contribution in [-0.4, -0.2) is 16.2 Å². The average molecular weight is 1170 g/mol. The van der Waals surface area contributed by atoms with Crippen molar-refractivity contribution in [2.24, 2.45) is 23.7 Å². The van der Waals surface area contributed by atoms with Crippen molar-refractivity contribution in [2.75, 3.05) is 16.5 Å². The van der Waals surface area contributed by atoms with E-state index in [0.717, 1.165) is 102 Å². The molecule has 0 atom stereocenters. The van der Waals surface area contributed by atoms with Gasteiger partial charge in [-0.25, -0.2) is 4.98 Å². The molecule has 436 valence electrons. The van der Waals surface area contributed by atoms with E-state index in [0.29, 0.717) is 18.5 Å². The standard InChI is InChI=1S/C86H66N4O/c1-5-22-60(23-6-1)72-34-20-35-73(61-24-7-2-8-25-61)84(72)64-51-68(88-56-89(81-41-18-17-40-80(81)88)85-74(62-26-9-3-10-27-62)36-21-37-75(85)63-28-11-4-12-29-63)54-70(52-64)91-69-42-43-77-76-33-15-16-39-79(76)90(82(77)55-69)83-53-65(44-45-87-83)86(66-47-57-46-58(49-66)50-67(86)48-57)78-38-19-31-59-30-13-14-32-71(59)78/h1-45,51-55,57-58,66-67H,46-50,56H2. The second kappa shape index (κ2) is 21.8. The minimum atomic E-state index is -0.121. The fourth-order valence-electron chi connectivity index (χ4n) is 17.5. The first-order valence-electron chi connectivity index (χ1n) is 32.5. The van der Waals surface area contributed by atoms with Crippen LogP contribution >= 0.6 is 0 Å². The molecule has 1 aliphatic heterocycles. The molecule has 4 saturated carbocycles. The zero-order chi connectivity index (χ0) is 60.0. The molecule has 4 fully saturated rings. The van der Waals surface area contributed by atoms with E-state index in [1.165, 1.54) is 81.6 Å². The number of para-hydroxylation sites is 4. The van der Waals surface area contributed by atoms with Crippen LogP contribution in [0.1, 0.15) is 43.2 Å². The predicted octanol–water partition coefficient (Wildman–Crippen LogP) is 22.4. The highest BCUT2D eigenvalue weighted by atomic mass is 16.5. The number of pyridine rings is 1. The number of hydrogen-bond acceptors (Lipinski definition) is 4. The summed E-state index contributed by atoms with van der Waals surface area (Å²) >= 11 is 0. The summed E-state index contributed by atoms with van der Waals surface area (Å²) in [5.41, 5.74) is 20.8. The van der Waals surface area contributed by atoms with Gasteiger partial charge in [0.25, 0.3) is 0 Å². The van der Waals surface area contributed by atoms with Crippen LogP contribution in [0.15, 0.2) is 303 Å². The van der Waals surface area contributed by atoms with Crippen molar-refractivity contribution >= 4 is 55.3 Å². The number of nitrogens with zero attached hydrogens (tertiary/aromatic N) is 4. The Hall–Kier alpha value is -10.8. The highest BCUT2D eigenvalue weighted by Gasteiger charge is 2.59. The van der Waals surface area contributed by atoms with Gasteiger partial charge in [-0.1, -0.05) is 231 Å². The SMILES string of the molecule is c1ccc(-c2cccc(-c3ccccc3)c2-c2cc(Oc3ccc4c5ccccc5n(-c5cc(C6(c7cccc8ccccc78)C7CC8CC(C7)CC6C8)ccn5)c4c3)cc(N3CN(c4c(-c5ccccc5)cccc4-c4ccccc4)c4ccccc43)c2)cc1. The Morgan fingerprint density at radius 3 is 1.55 bits per heavy atom. The lowest BCUT2D eigenvalue weighted by Crippen LogP contribution is -2.56. The normalized spacial score (nSPS) is 18.9. The van der Waals surface area contributed by atoms with Gasteiger partial charge in [0, 0.05) is 51.3 Å². The van der Waals surface area contributed by atoms with E-state index in [2.05, 4.69) is 318 Å². The van der Waals surface area contributed by atoms with Gasteiger partial charge in [-0.15, -0.1) is 0 Å². The highest BCUT2D eigenvalue weighted by molar-refractivity contribution is 6.10. The Labute approximate surface area is 531 Å². The number of ether oxygens (including phenoxy) is 1. The highest BCUT2D eigenvalue weighted by Crippen LogP contribution is 2.66. The number of benzene rings is 12. The second-order valence-corrected chi connectivity index (χ2v) is 25.8. The van der Waals surface area contributed by atoms with Gasteiger partial charge >= 0.3 is 0 Å². The molecule has 3 heterocycles. The molecule has 5 aliphatic rings. The monoisotopic (exact) mass is 1170 g/mol. The molecule has 0 spiro atoms. The minimum absolute atomic E-state index is 0.121. The molecule has 5 nitrogen and oxygen atoms in total. The predicted molar refractivity (Wildman–Crippen MR) is 376 cm³/mol. The molecule has 91 heavy (non-hydrogen) atoms. The molecule has 0 N–H and O–H groups in total. The zero-order valence-corrected chi connectivity index (χ0v) is 50.6. The molecule has 12 aromatic carbocycles. The van der Waals surface area contributed by atoms with Crippen LogP contribution in [0, 0.1) is 23.7 Å². The number of hydrogen-bond donors (Lipinski definition) is 0. The van der Waals surface area contributed by atoms with Crippen molar-refractivity contribution in [3.63, 3.8) is 0 Å². The summed E-state index contributed by atoms with van der Waals surface area (Å²) in [5, 5.41) is 5.05. The summed E-state index contributed by atoms with van der Waals surface area (Å²) in [4.78, 5) is 10.4. The summed E-state index contributed by atoms with van der Waals surface area (Å²) in [7, 11) is 0. The third-order valence-corrected chi connectivity index (χ3v) is 20.9. The van der Waals surface area contributed by atoms with E-state index in [9.17, 15) is 0 Å². The van der Waals surface area contributed by atoms with Gasteiger partial charge in [0.1, 0.15) is 24.0 Å². The molecule has 4 aliphatic carbocycles. The Balaban J connectivity index is 0.813. The Kier molecular flexibility index (Phi) is 12.8. The molecular formula is C86H66N4O. The second-order valence-electron chi connectivity index (χ2n) is 25.8. The van der Waals surface area contributed by atoms with Crippen LogP contribution in [0.3, 0.4) is 0 Å². The maximum atomic E-state index is 7.50. The smallest absolute Gasteiger partial charge is 0.137 e. The third-order valence-electron chi connectivity index (χ3n) is 20.9. The molecule has 4 bridgehead atoms. The lowest BCUT2D eigenvalue weighted by Gasteiger charge is -2.62. The van der Waals surface area contributed by atoms with Crippen LogP contribution < -0.4 is 14.5 Å². The van der Waals surface area contributed by atoms with Gasteiger partial charge < -0.3 is 14.5 Å². The minimum Gasteiger partial charge on any atom is -0.457 e. The van der Waals surface area contributed by atoms with Crippen molar-refractivity contribution in [3.8, 4) is 73.0 Å². The zero-order valence-electron chi connectivity index (χ0n) is 50.6. The van der Waals surface area contributed by atoms with Gasteiger partial charge in [-0.3, -0.25) is 4.57 Å². The molecule has 0 saturated heterocycles. The maximum Gasteiger partial charge on any atom is 0.137 e. The van der Waals surface area contributed by atoms with Gasteiger partial charge in [0.2, 0.25) is 0 Å². The van der Waals surface area contributed by atoms with E-state index in [1.54, 1.807) is 0 Å². The summed E-state index contributed by atoms with van der Waals surface area (Å²) in [6.45, 7) is 0.556. The number of aromatic nitrogens is 2. The Bertz CT molecular complexity index is 4950. The molecule has 2 aromatic heterocycles. The molecule has 0 amide bonds. The summed E-state index contributed by atoms with van der Waals surface area (Å²) in [6.07, 6.45) is 8.67. The number of anilines is 4. The third kappa shape index (κ3) is 8.84.